The van der Waals surface area contributed by atoms with E-state index < -0.39 is 17.8 Å². The van der Waals surface area contributed by atoms with Crippen LogP contribution in [0.1, 0.15) is 11.1 Å². The Kier molecular flexibility index (Phi) is 6.67. The molecule has 0 aliphatic carbocycles. The third-order valence-corrected chi connectivity index (χ3v) is 5.14. The van der Waals surface area contributed by atoms with Gasteiger partial charge in [-0.15, -0.1) is 0 Å². The normalized spacial score (nSPS) is 12.8. The van der Waals surface area contributed by atoms with Crippen molar-refractivity contribution in [3.63, 3.8) is 0 Å². The number of halogens is 4. The average Bonchev–Trinajstić information content (AvgIpc) is 3.20. The lowest BCUT2D eigenvalue weighted by Gasteiger charge is -2.16. The van der Waals surface area contributed by atoms with E-state index in [0.717, 1.165) is 17.0 Å². The second-order valence-electron chi connectivity index (χ2n) is 7.57. The molecule has 3 aromatic carbocycles. The predicted octanol–water partition coefficient (Wildman–Crippen LogP) is 5.79. The number of hydrogen-bond acceptors (Lipinski definition) is 4. The molecule has 0 saturated heterocycles. The maximum absolute atomic E-state index is 13.4. The Bertz CT molecular complexity index is 1220. The summed E-state index contributed by atoms with van der Waals surface area (Å²) in [4.78, 5) is 0. The summed E-state index contributed by atoms with van der Waals surface area (Å²) in [5.74, 6) is 0.790. The summed E-state index contributed by atoms with van der Waals surface area (Å²) in [7, 11) is 0. The SMILES string of the molecule is O[C@H](CNCc1ccccc1C(F)(F)F)COc1ccc(-c2occ3cc(F)ccc23)cc1. The van der Waals surface area contributed by atoms with E-state index in [-0.39, 0.29) is 31.1 Å². The van der Waals surface area contributed by atoms with Crippen LogP contribution in [0.15, 0.2) is 77.4 Å². The van der Waals surface area contributed by atoms with Crippen LogP contribution in [0.25, 0.3) is 22.1 Å². The fraction of sp³-hybridized carbons (Fsp3) is 0.200. The number of rotatable bonds is 8. The first-order valence-electron chi connectivity index (χ1n) is 10.2. The maximum Gasteiger partial charge on any atom is 0.416 e. The van der Waals surface area contributed by atoms with E-state index in [2.05, 4.69) is 5.32 Å². The fourth-order valence-electron chi connectivity index (χ4n) is 3.53. The summed E-state index contributed by atoms with van der Waals surface area (Å²) < 4.78 is 63.6. The number of nitrogens with one attached hydrogen (secondary N) is 1. The number of furan rings is 1. The number of aliphatic hydroxyl groups excluding tert-OH is 1. The zero-order chi connectivity index (χ0) is 23.4. The molecule has 0 radical (unpaired) electrons. The smallest absolute Gasteiger partial charge is 0.416 e. The average molecular weight is 459 g/mol. The Labute approximate surface area is 187 Å². The topological polar surface area (TPSA) is 54.6 Å². The summed E-state index contributed by atoms with van der Waals surface area (Å²) >= 11 is 0. The van der Waals surface area contributed by atoms with Gasteiger partial charge in [-0.3, -0.25) is 0 Å². The van der Waals surface area contributed by atoms with Crippen molar-refractivity contribution in [3.05, 3.63) is 89.9 Å². The van der Waals surface area contributed by atoms with Crippen molar-refractivity contribution in [2.75, 3.05) is 13.2 Å². The predicted molar refractivity (Wildman–Crippen MR) is 116 cm³/mol. The zero-order valence-corrected chi connectivity index (χ0v) is 17.4. The molecule has 4 nitrogen and oxygen atoms in total. The lowest BCUT2D eigenvalue weighted by Crippen LogP contribution is -2.31. The third kappa shape index (κ3) is 5.53. The lowest BCUT2D eigenvalue weighted by molar-refractivity contribution is -0.138. The van der Waals surface area contributed by atoms with Crippen molar-refractivity contribution in [1.29, 1.82) is 0 Å². The number of ether oxygens (including phenoxy) is 1. The number of fused-ring (bicyclic) bond motifs is 1. The monoisotopic (exact) mass is 459 g/mol. The van der Waals surface area contributed by atoms with Crippen LogP contribution in [-0.2, 0) is 12.7 Å². The molecular formula is C25H21F4NO3. The lowest BCUT2D eigenvalue weighted by atomic mass is 10.1. The Hall–Kier alpha value is -3.36. The molecule has 4 aromatic rings. The van der Waals surface area contributed by atoms with E-state index in [9.17, 15) is 22.7 Å². The van der Waals surface area contributed by atoms with Crippen LogP contribution < -0.4 is 10.1 Å². The number of aliphatic hydroxyl groups is 1. The van der Waals surface area contributed by atoms with Gasteiger partial charge in [-0.25, -0.2) is 4.39 Å². The summed E-state index contributed by atoms with van der Waals surface area (Å²) in [6.07, 6.45) is -3.84. The molecule has 0 spiro atoms. The van der Waals surface area contributed by atoms with Crippen LogP contribution in [0.3, 0.4) is 0 Å². The molecule has 33 heavy (non-hydrogen) atoms. The van der Waals surface area contributed by atoms with Gasteiger partial charge in [-0.1, -0.05) is 18.2 Å². The van der Waals surface area contributed by atoms with Crippen molar-refractivity contribution in [3.8, 4) is 17.1 Å². The molecule has 0 aliphatic rings. The van der Waals surface area contributed by atoms with Crippen molar-refractivity contribution < 1.29 is 31.8 Å². The minimum atomic E-state index is -4.43. The highest BCUT2D eigenvalue weighted by Gasteiger charge is 2.32. The standard InChI is InChI=1S/C25H21F4NO3/c26-19-7-10-22-18(11-19)14-33-24(22)16-5-8-21(9-6-16)32-15-20(31)13-30-12-17-3-1-2-4-23(17)25(27,28)29/h1-11,14,20,30-31H,12-13,15H2/t20-/m1/s1. The van der Waals surface area contributed by atoms with Gasteiger partial charge in [-0.2, -0.15) is 13.2 Å². The van der Waals surface area contributed by atoms with Crippen LogP contribution in [0.2, 0.25) is 0 Å². The molecular weight excluding hydrogens is 438 g/mol. The van der Waals surface area contributed by atoms with Gasteiger partial charge in [0.15, 0.2) is 0 Å². The van der Waals surface area contributed by atoms with Crippen LogP contribution in [-0.4, -0.2) is 24.4 Å². The van der Waals surface area contributed by atoms with Crippen molar-refractivity contribution in [1.82, 2.24) is 5.32 Å². The quantitative estimate of drug-likeness (QED) is 0.328. The first-order chi connectivity index (χ1) is 15.8. The molecule has 0 amide bonds. The van der Waals surface area contributed by atoms with Gasteiger partial charge in [0.25, 0.3) is 0 Å². The highest BCUT2D eigenvalue weighted by Crippen LogP contribution is 2.33. The Morgan fingerprint density at radius 1 is 1.00 bits per heavy atom. The highest BCUT2D eigenvalue weighted by atomic mass is 19.4. The van der Waals surface area contributed by atoms with E-state index in [0.29, 0.717) is 16.9 Å². The molecule has 1 aromatic heterocycles. The second-order valence-corrected chi connectivity index (χ2v) is 7.57. The Morgan fingerprint density at radius 2 is 1.76 bits per heavy atom. The van der Waals surface area contributed by atoms with Crippen LogP contribution >= 0.6 is 0 Å². The van der Waals surface area contributed by atoms with Gasteiger partial charge < -0.3 is 19.6 Å². The largest absolute Gasteiger partial charge is 0.491 e. The van der Waals surface area contributed by atoms with Gasteiger partial charge in [0.1, 0.15) is 30.0 Å². The molecule has 1 atom stereocenters. The summed E-state index contributed by atoms with van der Waals surface area (Å²) in [6.45, 7) is 0.0118. The van der Waals surface area contributed by atoms with E-state index in [4.69, 9.17) is 9.15 Å². The zero-order valence-electron chi connectivity index (χ0n) is 17.4. The molecule has 172 valence electrons. The molecule has 1 heterocycles. The van der Waals surface area contributed by atoms with Crippen LogP contribution in [0.5, 0.6) is 5.75 Å². The molecule has 0 saturated carbocycles. The molecule has 0 unspecified atom stereocenters. The van der Waals surface area contributed by atoms with Crippen LogP contribution in [0, 0.1) is 5.82 Å². The van der Waals surface area contributed by atoms with Gasteiger partial charge in [-0.05, 0) is 54.1 Å². The molecule has 2 N–H and O–H groups in total. The van der Waals surface area contributed by atoms with Crippen molar-refractivity contribution in [2.24, 2.45) is 0 Å². The minimum Gasteiger partial charge on any atom is -0.491 e. The van der Waals surface area contributed by atoms with Crippen LogP contribution in [0.4, 0.5) is 17.6 Å². The second kappa shape index (κ2) is 9.64. The number of benzene rings is 3. The maximum atomic E-state index is 13.4. The summed E-state index contributed by atoms with van der Waals surface area (Å²) in [6, 6.07) is 16.7. The summed E-state index contributed by atoms with van der Waals surface area (Å²) in [5.41, 5.74) is 0.203. The molecule has 0 fully saturated rings. The Morgan fingerprint density at radius 3 is 2.52 bits per heavy atom. The number of hydrogen-bond donors (Lipinski definition) is 2. The molecule has 4 rings (SSSR count). The van der Waals surface area contributed by atoms with Crippen molar-refractivity contribution in [2.45, 2.75) is 18.8 Å². The first kappa shape index (κ1) is 22.8. The first-order valence-corrected chi connectivity index (χ1v) is 10.2. The molecule has 8 heteroatoms. The van der Waals surface area contributed by atoms with E-state index in [1.165, 1.54) is 30.5 Å². The number of alkyl halides is 3. The van der Waals surface area contributed by atoms with E-state index in [1.54, 1.807) is 36.4 Å². The summed E-state index contributed by atoms with van der Waals surface area (Å²) in [5, 5.41) is 14.4. The van der Waals surface area contributed by atoms with Gasteiger partial charge in [0.2, 0.25) is 0 Å². The van der Waals surface area contributed by atoms with E-state index in [1.807, 2.05) is 0 Å². The van der Waals surface area contributed by atoms with Gasteiger partial charge >= 0.3 is 6.18 Å². The van der Waals surface area contributed by atoms with E-state index >= 15 is 0 Å². The Balaban J connectivity index is 1.29. The minimum absolute atomic E-state index is 0.0254. The highest BCUT2D eigenvalue weighted by molar-refractivity contribution is 5.94. The molecule has 0 aliphatic heterocycles. The van der Waals surface area contributed by atoms with Crippen molar-refractivity contribution >= 4 is 10.8 Å². The third-order valence-electron chi connectivity index (χ3n) is 5.14. The van der Waals surface area contributed by atoms with Gasteiger partial charge in [0, 0.05) is 29.4 Å². The fourth-order valence-corrected chi connectivity index (χ4v) is 3.53. The molecule has 0 bridgehead atoms. The van der Waals surface area contributed by atoms with Gasteiger partial charge in [0.05, 0.1) is 11.8 Å².